The van der Waals surface area contributed by atoms with Crippen LogP contribution in [-0.2, 0) is 14.8 Å². The third-order valence-corrected chi connectivity index (χ3v) is 5.07. The number of carbonyl (C=O) groups excluding carboxylic acids is 1. The van der Waals surface area contributed by atoms with E-state index in [1.807, 2.05) is 0 Å². The van der Waals surface area contributed by atoms with E-state index in [9.17, 15) is 17.6 Å². The predicted octanol–water partition coefficient (Wildman–Crippen LogP) is 3.27. The zero-order valence-corrected chi connectivity index (χ0v) is 15.3. The number of nitrogens with one attached hydrogen (secondary N) is 1. The van der Waals surface area contributed by atoms with Crippen molar-refractivity contribution in [2.75, 3.05) is 23.8 Å². The number of rotatable bonds is 5. The van der Waals surface area contributed by atoms with Crippen molar-refractivity contribution in [3.8, 4) is 5.75 Å². The molecule has 9 heteroatoms. The van der Waals surface area contributed by atoms with E-state index >= 15 is 0 Å². The van der Waals surface area contributed by atoms with Crippen LogP contribution in [0.4, 0.5) is 15.8 Å². The molecule has 1 N–H and O–H groups in total. The van der Waals surface area contributed by atoms with Crippen molar-refractivity contribution in [1.82, 2.24) is 0 Å². The fourth-order valence-corrected chi connectivity index (χ4v) is 3.61. The van der Waals surface area contributed by atoms with Gasteiger partial charge in [0.15, 0.2) is 0 Å². The van der Waals surface area contributed by atoms with Crippen LogP contribution < -0.4 is 14.4 Å². The van der Waals surface area contributed by atoms with E-state index in [2.05, 4.69) is 4.72 Å². The highest BCUT2D eigenvalue weighted by atomic mass is 35.5. The van der Waals surface area contributed by atoms with Crippen LogP contribution in [0.1, 0.15) is 6.92 Å². The molecule has 0 aliphatic rings. The van der Waals surface area contributed by atoms with Crippen molar-refractivity contribution in [3.05, 3.63) is 47.2 Å². The van der Waals surface area contributed by atoms with Crippen LogP contribution in [0.25, 0.3) is 0 Å². The van der Waals surface area contributed by atoms with E-state index < -0.39 is 15.8 Å². The smallest absolute Gasteiger partial charge is 0.265 e. The third kappa shape index (κ3) is 4.21. The highest BCUT2D eigenvalue weighted by Crippen LogP contribution is 2.32. The number of hydrogen-bond acceptors (Lipinski definition) is 4. The molecule has 0 bridgehead atoms. The van der Waals surface area contributed by atoms with E-state index in [1.165, 1.54) is 50.2 Å². The summed E-state index contributed by atoms with van der Waals surface area (Å²) in [7, 11) is -1.37. The van der Waals surface area contributed by atoms with Gasteiger partial charge >= 0.3 is 0 Å². The maximum Gasteiger partial charge on any atom is 0.265 e. The summed E-state index contributed by atoms with van der Waals surface area (Å²) >= 11 is 5.87. The summed E-state index contributed by atoms with van der Waals surface area (Å²) in [6.07, 6.45) is 0. The van der Waals surface area contributed by atoms with E-state index in [4.69, 9.17) is 16.3 Å². The van der Waals surface area contributed by atoms with Crippen LogP contribution in [-0.4, -0.2) is 28.5 Å². The zero-order chi connectivity index (χ0) is 18.8. The van der Waals surface area contributed by atoms with Crippen LogP contribution in [0.5, 0.6) is 5.75 Å². The standard InChI is InChI=1S/C16H16ClFN2O4S/c1-10(21)20(2)14-6-5-12(18)9-13(14)19-25(22,23)16-8-11(17)4-7-15(16)24-3/h4-9,19H,1-3H3. The number of carbonyl (C=O) groups is 1. The summed E-state index contributed by atoms with van der Waals surface area (Å²) in [5.41, 5.74) is 0.123. The van der Waals surface area contributed by atoms with Crippen molar-refractivity contribution < 1.29 is 22.3 Å². The lowest BCUT2D eigenvalue weighted by molar-refractivity contribution is -0.116. The second-order valence-corrected chi connectivity index (χ2v) is 7.23. The van der Waals surface area contributed by atoms with Gasteiger partial charge in [-0.15, -0.1) is 0 Å². The van der Waals surface area contributed by atoms with Gasteiger partial charge in [0.2, 0.25) is 5.91 Å². The Morgan fingerprint density at radius 3 is 2.52 bits per heavy atom. The van der Waals surface area contributed by atoms with E-state index in [0.29, 0.717) is 0 Å². The van der Waals surface area contributed by atoms with E-state index in [-0.39, 0.29) is 32.9 Å². The molecule has 0 heterocycles. The Kier molecular flexibility index (Phi) is 5.54. The quantitative estimate of drug-likeness (QED) is 0.855. The molecule has 1 amide bonds. The summed E-state index contributed by atoms with van der Waals surface area (Å²) in [4.78, 5) is 12.6. The number of ether oxygens (including phenoxy) is 1. The molecule has 0 aliphatic carbocycles. The van der Waals surface area contributed by atoms with Gasteiger partial charge in [0, 0.05) is 25.1 Å². The normalized spacial score (nSPS) is 11.1. The maximum atomic E-state index is 13.6. The maximum absolute atomic E-state index is 13.6. The molecular weight excluding hydrogens is 371 g/mol. The predicted molar refractivity (Wildman–Crippen MR) is 94.3 cm³/mol. The fraction of sp³-hybridized carbons (Fsp3) is 0.188. The highest BCUT2D eigenvalue weighted by molar-refractivity contribution is 7.92. The molecule has 2 rings (SSSR count). The first-order valence-corrected chi connectivity index (χ1v) is 8.92. The Morgan fingerprint density at radius 2 is 1.92 bits per heavy atom. The van der Waals surface area contributed by atoms with E-state index in [1.54, 1.807) is 0 Å². The molecule has 0 spiro atoms. The summed E-state index contributed by atoms with van der Waals surface area (Å²) < 4.78 is 46.4. The molecule has 25 heavy (non-hydrogen) atoms. The number of nitrogens with zero attached hydrogens (tertiary/aromatic N) is 1. The molecule has 0 saturated heterocycles. The molecule has 0 unspecified atom stereocenters. The van der Waals surface area contributed by atoms with Gasteiger partial charge in [-0.1, -0.05) is 11.6 Å². The SMILES string of the molecule is COc1ccc(Cl)cc1S(=O)(=O)Nc1cc(F)ccc1N(C)C(C)=O. The molecule has 0 aliphatic heterocycles. The molecule has 0 fully saturated rings. The van der Waals surface area contributed by atoms with Crippen LogP contribution in [0.15, 0.2) is 41.3 Å². The monoisotopic (exact) mass is 386 g/mol. The van der Waals surface area contributed by atoms with Gasteiger partial charge in [-0.05, 0) is 30.3 Å². The Labute approximate surface area is 150 Å². The Morgan fingerprint density at radius 1 is 1.24 bits per heavy atom. The van der Waals surface area contributed by atoms with Gasteiger partial charge in [0.25, 0.3) is 10.0 Å². The first kappa shape index (κ1) is 19.0. The molecule has 0 aromatic heterocycles. The van der Waals surface area contributed by atoms with Crippen molar-refractivity contribution in [2.45, 2.75) is 11.8 Å². The minimum Gasteiger partial charge on any atom is -0.495 e. The van der Waals surface area contributed by atoms with Crippen LogP contribution in [0.2, 0.25) is 5.02 Å². The molecule has 0 radical (unpaired) electrons. The lowest BCUT2D eigenvalue weighted by Gasteiger charge is -2.20. The lowest BCUT2D eigenvalue weighted by atomic mass is 10.2. The number of anilines is 2. The zero-order valence-electron chi connectivity index (χ0n) is 13.7. The topological polar surface area (TPSA) is 75.7 Å². The fourth-order valence-electron chi connectivity index (χ4n) is 2.11. The number of amides is 1. The van der Waals surface area contributed by atoms with Crippen molar-refractivity contribution in [1.29, 1.82) is 0 Å². The second kappa shape index (κ2) is 7.28. The molecule has 2 aromatic carbocycles. The summed E-state index contributed by atoms with van der Waals surface area (Å²) in [6.45, 7) is 1.31. The third-order valence-electron chi connectivity index (χ3n) is 3.45. The molecule has 0 saturated carbocycles. The average molecular weight is 387 g/mol. The van der Waals surface area contributed by atoms with Crippen molar-refractivity contribution in [3.63, 3.8) is 0 Å². The number of halogens is 2. The van der Waals surface area contributed by atoms with Gasteiger partial charge in [0.1, 0.15) is 16.5 Å². The first-order chi connectivity index (χ1) is 11.7. The van der Waals surface area contributed by atoms with Gasteiger partial charge in [0.05, 0.1) is 18.5 Å². The number of hydrogen-bond donors (Lipinski definition) is 1. The molecule has 134 valence electrons. The van der Waals surface area contributed by atoms with Crippen molar-refractivity contribution >= 4 is 38.9 Å². The number of sulfonamides is 1. The second-order valence-electron chi connectivity index (χ2n) is 5.14. The van der Waals surface area contributed by atoms with Crippen LogP contribution in [0, 0.1) is 5.82 Å². The van der Waals surface area contributed by atoms with Crippen LogP contribution >= 0.6 is 11.6 Å². The van der Waals surface area contributed by atoms with Crippen LogP contribution in [0.3, 0.4) is 0 Å². The largest absolute Gasteiger partial charge is 0.495 e. The summed E-state index contributed by atoms with van der Waals surface area (Å²) in [5, 5.41) is 0.196. The average Bonchev–Trinajstić information content (AvgIpc) is 2.54. The first-order valence-electron chi connectivity index (χ1n) is 7.06. The van der Waals surface area contributed by atoms with Gasteiger partial charge in [-0.25, -0.2) is 12.8 Å². The molecule has 2 aromatic rings. The number of benzene rings is 2. The van der Waals surface area contributed by atoms with Gasteiger partial charge in [-0.2, -0.15) is 0 Å². The van der Waals surface area contributed by atoms with Gasteiger partial charge < -0.3 is 9.64 Å². The summed E-state index contributed by atoms with van der Waals surface area (Å²) in [6, 6.07) is 7.54. The Hall–Kier alpha value is -2.32. The van der Waals surface area contributed by atoms with Gasteiger partial charge in [-0.3, -0.25) is 9.52 Å². The Bertz CT molecular complexity index is 918. The van der Waals surface area contributed by atoms with E-state index in [0.717, 1.165) is 12.1 Å². The molecule has 6 nitrogen and oxygen atoms in total. The van der Waals surface area contributed by atoms with Crippen molar-refractivity contribution in [2.24, 2.45) is 0 Å². The minimum absolute atomic E-state index is 0.0785. The molecular formula is C16H16ClFN2O4S. The molecule has 0 atom stereocenters. The Balaban J connectivity index is 2.54. The lowest BCUT2D eigenvalue weighted by Crippen LogP contribution is -2.25. The summed E-state index contributed by atoms with van der Waals surface area (Å²) in [5.74, 6) is -0.918. The minimum atomic E-state index is -4.14. The highest BCUT2D eigenvalue weighted by Gasteiger charge is 2.23. The number of methoxy groups -OCH3 is 1.